The van der Waals surface area contributed by atoms with Crippen molar-refractivity contribution in [2.45, 2.75) is 65.1 Å². The molecule has 0 unspecified atom stereocenters. The minimum atomic E-state index is -0.815. The van der Waals surface area contributed by atoms with E-state index in [9.17, 15) is 9.59 Å². The second kappa shape index (κ2) is 8.21. The third kappa shape index (κ3) is 4.38. The summed E-state index contributed by atoms with van der Waals surface area (Å²) in [6, 6.07) is 8.33. The molecule has 0 bridgehead atoms. The molecule has 1 saturated heterocycles. The van der Waals surface area contributed by atoms with Crippen LogP contribution in [0.2, 0.25) is 0 Å². The smallest absolute Gasteiger partial charge is 0.358 e. The third-order valence-corrected chi connectivity index (χ3v) is 5.98. The molecule has 1 aromatic heterocycles. The molecule has 0 radical (unpaired) electrons. The lowest BCUT2D eigenvalue weighted by atomic mass is 9.97. The van der Waals surface area contributed by atoms with E-state index in [1.165, 1.54) is 16.9 Å². The maximum atomic E-state index is 12.8. The normalized spacial score (nSPS) is 21.0. The fraction of sp³-hybridized carbons (Fsp3) is 0.476. The Balaban J connectivity index is 1.66. The summed E-state index contributed by atoms with van der Waals surface area (Å²) in [4.78, 5) is 31.5. The molecule has 3 atom stereocenters. The quantitative estimate of drug-likeness (QED) is 0.728. The monoisotopic (exact) mass is 386 g/mol. The number of hydrogen-bond donors (Lipinski definition) is 0. The van der Waals surface area contributed by atoms with Gasteiger partial charge >= 0.3 is 5.97 Å². The van der Waals surface area contributed by atoms with Gasteiger partial charge in [0.15, 0.2) is 11.8 Å². The second-order valence-electron chi connectivity index (χ2n) is 7.33. The summed E-state index contributed by atoms with van der Waals surface area (Å²) in [7, 11) is 0. The summed E-state index contributed by atoms with van der Waals surface area (Å²) < 4.78 is 5.43. The van der Waals surface area contributed by atoms with Crippen molar-refractivity contribution in [1.82, 2.24) is 9.88 Å². The van der Waals surface area contributed by atoms with Gasteiger partial charge in [-0.05, 0) is 47.0 Å². The average molecular weight is 387 g/mol. The Labute approximate surface area is 164 Å². The van der Waals surface area contributed by atoms with Gasteiger partial charge in [-0.15, -0.1) is 11.3 Å². The highest BCUT2D eigenvalue weighted by atomic mass is 32.1. The number of carbonyl (C=O) groups is 2. The van der Waals surface area contributed by atoms with Crippen LogP contribution in [0.3, 0.4) is 0 Å². The highest BCUT2D eigenvalue weighted by Crippen LogP contribution is 2.26. The van der Waals surface area contributed by atoms with Crippen LogP contribution in [-0.4, -0.2) is 39.9 Å². The van der Waals surface area contributed by atoms with Crippen molar-refractivity contribution in [2.24, 2.45) is 0 Å². The predicted molar refractivity (Wildman–Crippen MR) is 107 cm³/mol. The van der Waals surface area contributed by atoms with Crippen LogP contribution in [0.4, 0.5) is 0 Å². The van der Waals surface area contributed by atoms with Crippen molar-refractivity contribution < 1.29 is 14.3 Å². The molecule has 3 rings (SSSR count). The van der Waals surface area contributed by atoms with Crippen molar-refractivity contribution >= 4 is 23.2 Å². The molecule has 0 aliphatic carbocycles. The highest BCUT2D eigenvalue weighted by Gasteiger charge is 2.33. The van der Waals surface area contributed by atoms with E-state index < -0.39 is 12.1 Å². The first-order chi connectivity index (χ1) is 12.9. The highest BCUT2D eigenvalue weighted by molar-refractivity contribution is 7.13. The number of rotatable bonds is 4. The van der Waals surface area contributed by atoms with Gasteiger partial charge in [-0.3, -0.25) is 4.79 Å². The lowest BCUT2D eigenvalue weighted by Crippen LogP contribution is -2.51. The van der Waals surface area contributed by atoms with Crippen LogP contribution in [0.1, 0.15) is 56.1 Å². The number of esters is 1. The Hall–Kier alpha value is -2.21. The lowest BCUT2D eigenvalue weighted by molar-refractivity contribution is -0.146. The molecule has 1 amide bonds. The molecular weight excluding hydrogens is 360 g/mol. The van der Waals surface area contributed by atoms with Crippen LogP contribution in [0, 0.1) is 6.92 Å². The number of hydrogen-bond acceptors (Lipinski definition) is 5. The van der Waals surface area contributed by atoms with Gasteiger partial charge in [0.25, 0.3) is 5.91 Å². The van der Waals surface area contributed by atoms with E-state index in [0.29, 0.717) is 0 Å². The summed E-state index contributed by atoms with van der Waals surface area (Å²) in [6.45, 7) is 7.77. The number of carbonyl (C=O) groups excluding carboxylic acids is 2. The largest absolute Gasteiger partial charge is 0.448 e. The molecule has 0 spiro atoms. The fourth-order valence-corrected chi connectivity index (χ4v) is 4.33. The van der Waals surface area contributed by atoms with E-state index in [-0.39, 0.29) is 23.7 Å². The standard InChI is InChI=1S/C21H26N2O3S/c1-13-8-10-17(11-9-13)19-22-18(12-27-19)21(25)26-16(4)20(24)23-14(2)6-5-7-15(23)3/h8-12,14-16H,5-7H2,1-4H3/t14-,15+,16-/m0/s1. The Morgan fingerprint density at radius 2 is 1.81 bits per heavy atom. The van der Waals surface area contributed by atoms with E-state index in [0.717, 1.165) is 29.8 Å². The van der Waals surface area contributed by atoms with Crippen molar-refractivity contribution in [3.05, 3.63) is 40.9 Å². The van der Waals surface area contributed by atoms with Crippen LogP contribution in [-0.2, 0) is 9.53 Å². The first-order valence-corrected chi connectivity index (χ1v) is 10.3. The first kappa shape index (κ1) is 19.5. The van der Waals surface area contributed by atoms with Crippen LogP contribution in [0.25, 0.3) is 10.6 Å². The van der Waals surface area contributed by atoms with Gasteiger partial charge in [-0.25, -0.2) is 9.78 Å². The summed E-state index contributed by atoms with van der Waals surface area (Å²) in [6.07, 6.45) is 2.29. The topological polar surface area (TPSA) is 59.5 Å². The summed E-state index contributed by atoms with van der Waals surface area (Å²) >= 11 is 1.39. The molecule has 6 heteroatoms. The maximum Gasteiger partial charge on any atom is 0.358 e. The number of ether oxygens (including phenoxy) is 1. The minimum absolute atomic E-state index is 0.128. The van der Waals surface area contributed by atoms with Crippen LogP contribution >= 0.6 is 11.3 Å². The molecule has 1 aliphatic rings. The Morgan fingerprint density at radius 3 is 2.44 bits per heavy atom. The van der Waals surface area contributed by atoms with Crippen LogP contribution in [0.5, 0.6) is 0 Å². The summed E-state index contributed by atoms with van der Waals surface area (Å²) in [5.41, 5.74) is 2.38. The minimum Gasteiger partial charge on any atom is -0.448 e. The second-order valence-corrected chi connectivity index (χ2v) is 8.18. The van der Waals surface area contributed by atoms with Crippen molar-refractivity contribution in [1.29, 1.82) is 0 Å². The number of piperidine rings is 1. The summed E-state index contributed by atoms with van der Waals surface area (Å²) in [5, 5.41) is 2.44. The first-order valence-electron chi connectivity index (χ1n) is 9.42. The van der Waals surface area contributed by atoms with E-state index in [4.69, 9.17) is 4.74 Å². The zero-order valence-corrected chi connectivity index (χ0v) is 17.1. The van der Waals surface area contributed by atoms with Gasteiger partial charge in [0.2, 0.25) is 0 Å². The van der Waals surface area contributed by atoms with E-state index >= 15 is 0 Å². The molecule has 0 saturated carbocycles. The van der Waals surface area contributed by atoms with E-state index in [1.54, 1.807) is 12.3 Å². The van der Waals surface area contributed by atoms with Gasteiger partial charge in [0, 0.05) is 23.0 Å². The number of benzene rings is 1. The van der Waals surface area contributed by atoms with Crippen molar-refractivity contribution in [2.75, 3.05) is 0 Å². The lowest BCUT2D eigenvalue weighted by Gasteiger charge is -2.40. The van der Waals surface area contributed by atoms with Gasteiger partial charge in [-0.1, -0.05) is 29.8 Å². The zero-order chi connectivity index (χ0) is 19.6. The molecular formula is C21H26N2O3S. The Bertz CT molecular complexity index is 805. The molecule has 1 aromatic carbocycles. The molecule has 0 N–H and O–H groups in total. The number of thiazole rings is 1. The van der Waals surface area contributed by atoms with Gasteiger partial charge < -0.3 is 9.64 Å². The number of likely N-dealkylation sites (tertiary alicyclic amines) is 1. The molecule has 2 heterocycles. The summed E-state index contributed by atoms with van der Waals surface area (Å²) in [5.74, 6) is -0.681. The van der Waals surface area contributed by atoms with Crippen LogP contribution < -0.4 is 0 Å². The van der Waals surface area contributed by atoms with Gasteiger partial charge in [0.1, 0.15) is 5.01 Å². The number of nitrogens with zero attached hydrogens (tertiary/aromatic N) is 2. The predicted octanol–water partition coefficient (Wildman–Crippen LogP) is 4.45. The Kier molecular flexibility index (Phi) is 5.95. The van der Waals surface area contributed by atoms with E-state index in [1.807, 2.05) is 36.1 Å². The third-order valence-electron chi connectivity index (χ3n) is 5.09. The Morgan fingerprint density at radius 1 is 1.19 bits per heavy atom. The van der Waals surface area contributed by atoms with Crippen LogP contribution in [0.15, 0.2) is 29.6 Å². The molecule has 1 aliphatic heterocycles. The zero-order valence-electron chi connectivity index (χ0n) is 16.3. The molecule has 27 heavy (non-hydrogen) atoms. The van der Waals surface area contributed by atoms with Crippen molar-refractivity contribution in [3.63, 3.8) is 0 Å². The molecule has 144 valence electrons. The van der Waals surface area contributed by atoms with E-state index in [2.05, 4.69) is 18.8 Å². The fourth-order valence-electron chi connectivity index (χ4n) is 3.53. The SMILES string of the molecule is Cc1ccc(-c2nc(C(=O)O[C@@H](C)C(=O)N3[C@H](C)CCC[C@@H]3C)cs2)cc1. The number of aryl methyl sites for hydroxylation is 1. The number of aromatic nitrogens is 1. The number of amides is 1. The molecule has 2 aromatic rings. The molecule has 5 nitrogen and oxygen atoms in total. The van der Waals surface area contributed by atoms with Gasteiger partial charge in [0.05, 0.1) is 0 Å². The average Bonchev–Trinajstić information content (AvgIpc) is 3.12. The molecule has 1 fully saturated rings. The maximum absolute atomic E-state index is 12.8. The van der Waals surface area contributed by atoms with Gasteiger partial charge in [-0.2, -0.15) is 0 Å². The van der Waals surface area contributed by atoms with Crippen molar-refractivity contribution in [3.8, 4) is 10.6 Å².